The number of piperazine rings is 1. The van der Waals surface area contributed by atoms with Crippen molar-refractivity contribution in [1.29, 1.82) is 0 Å². The molecule has 0 radical (unpaired) electrons. The maximum absolute atomic E-state index is 12.7. The van der Waals surface area contributed by atoms with Gasteiger partial charge in [-0.1, -0.05) is 5.92 Å². The first-order valence-electron chi connectivity index (χ1n) is 7.76. The van der Waals surface area contributed by atoms with E-state index < -0.39 is 18.2 Å². The predicted molar refractivity (Wildman–Crippen MR) is 93.0 cm³/mol. The first kappa shape index (κ1) is 17.3. The fraction of sp³-hybridized carbons (Fsp3) is 0.467. The molecule has 0 saturated carbocycles. The van der Waals surface area contributed by atoms with Crippen molar-refractivity contribution in [2.45, 2.75) is 20.0 Å². The molecule has 10 heteroatoms. The summed E-state index contributed by atoms with van der Waals surface area (Å²) in [6.45, 7) is 4.24. The summed E-state index contributed by atoms with van der Waals surface area (Å²) >= 11 is 6.05. The Morgan fingerprint density at radius 1 is 1.32 bits per heavy atom. The molecule has 0 aromatic carbocycles. The number of anilines is 1. The van der Waals surface area contributed by atoms with Crippen LogP contribution in [-0.2, 0) is 17.9 Å². The van der Waals surface area contributed by atoms with Crippen LogP contribution in [0.1, 0.15) is 6.92 Å². The zero-order chi connectivity index (χ0) is 18.0. The highest BCUT2D eigenvalue weighted by molar-refractivity contribution is 6.28. The number of rotatable bonds is 4. The lowest BCUT2D eigenvalue weighted by Crippen LogP contribution is -2.44. The molecule has 0 unspecified atom stereocenters. The summed E-state index contributed by atoms with van der Waals surface area (Å²) in [5.41, 5.74) is 0.173. The maximum atomic E-state index is 12.7. The van der Waals surface area contributed by atoms with Crippen LogP contribution in [0, 0.1) is 11.8 Å². The first-order valence-corrected chi connectivity index (χ1v) is 8.14. The predicted octanol–water partition coefficient (Wildman–Crippen LogP) is -0.236. The Hall–Kier alpha value is -2.57. The molecule has 9 nitrogen and oxygen atoms in total. The van der Waals surface area contributed by atoms with E-state index in [4.69, 9.17) is 16.7 Å². The van der Waals surface area contributed by atoms with Crippen molar-refractivity contribution >= 4 is 34.6 Å². The number of aliphatic carboxylic acids is 1. The summed E-state index contributed by atoms with van der Waals surface area (Å²) in [6, 6.07) is 0. The molecular formula is C15H17ClN6O3. The third-order valence-corrected chi connectivity index (χ3v) is 4.10. The highest BCUT2D eigenvalue weighted by atomic mass is 35.5. The van der Waals surface area contributed by atoms with Crippen molar-refractivity contribution in [3.63, 3.8) is 0 Å². The Kier molecular flexibility index (Phi) is 4.92. The molecule has 3 heterocycles. The van der Waals surface area contributed by atoms with Crippen LogP contribution in [0.3, 0.4) is 0 Å². The van der Waals surface area contributed by atoms with E-state index in [0.717, 1.165) is 17.7 Å². The fourth-order valence-electron chi connectivity index (χ4n) is 2.85. The Labute approximate surface area is 148 Å². The highest BCUT2D eigenvalue weighted by Crippen LogP contribution is 2.25. The molecule has 0 spiro atoms. The van der Waals surface area contributed by atoms with Gasteiger partial charge in [0.1, 0.15) is 12.1 Å². The first-order chi connectivity index (χ1) is 12.0. The van der Waals surface area contributed by atoms with Gasteiger partial charge in [-0.05, 0) is 18.5 Å². The van der Waals surface area contributed by atoms with Gasteiger partial charge in [-0.2, -0.15) is 9.97 Å². The minimum atomic E-state index is -1.14. The number of imidazole rings is 1. The van der Waals surface area contributed by atoms with Crippen molar-refractivity contribution < 1.29 is 9.90 Å². The minimum Gasteiger partial charge on any atom is -0.480 e. The van der Waals surface area contributed by atoms with E-state index in [1.165, 1.54) is 4.57 Å². The molecule has 25 heavy (non-hydrogen) atoms. The summed E-state index contributed by atoms with van der Waals surface area (Å²) in [6.07, 6.45) is 0. The number of nitrogens with zero attached hydrogens (tertiary/aromatic N) is 5. The number of hydrogen-bond acceptors (Lipinski definition) is 6. The fourth-order valence-corrected chi connectivity index (χ4v) is 3.01. The lowest BCUT2D eigenvalue weighted by Gasteiger charge is -2.28. The molecule has 0 bridgehead atoms. The summed E-state index contributed by atoms with van der Waals surface area (Å²) < 4.78 is 2.50. The van der Waals surface area contributed by atoms with Gasteiger partial charge in [0.05, 0.1) is 6.54 Å². The molecule has 0 atom stereocenters. The molecule has 1 fully saturated rings. The normalized spacial score (nSPS) is 14.4. The standard InChI is InChI=1S/C15H17ClN6O3/c1-2-3-6-21-11-12(20-7-4-17-5-8-20)18-14(16)19-13(11)22(15(21)25)9-10(23)24/h17H,4-9H2,1H3,(H,23,24). The number of hydrogen-bond donors (Lipinski definition) is 2. The van der Waals surface area contributed by atoms with E-state index in [1.807, 2.05) is 4.90 Å². The second-order valence-corrected chi connectivity index (χ2v) is 5.84. The number of aromatic nitrogens is 4. The van der Waals surface area contributed by atoms with Gasteiger partial charge in [0.25, 0.3) is 0 Å². The molecule has 3 rings (SSSR count). The topological polar surface area (TPSA) is 105 Å². The van der Waals surface area contributed by atoms with E-state index in [-0.39, 0.29) is 17.5 Å². The van der Waals surface area contributed by atoms with Gasteiger partial charge in [-0.15, -0.1) is 5.92 Å². The van der Waals surface area contributed by atoms with Gasteiger partial charge >= 0.3 is 11.7 Å². The summed E-state index contributed by atoms with van der Waals surface area (Å²) in [5.74, 6) is 4.97. The molecule has 2 aromatic heterocycles. The van der Waals surface area contributed by atoms with Crippen molar-refractivity contribution in [1.82, 2.24) is 24.4 Å². The van der Waals surface area contributed by atoms with E-state index in [2.05, 4.69) is 27.1 Å². The third kappa shape index (κ3) is 3.31. The molecule has 2 aromatic rings. The third-order valence-electron chi connectivity index (χ3n) is 3.93. The second-order valence-electron chi connectivity index (χ2n) is 5.50. The van der Waals surface area contributed by atoms with E-state index in [9.17, 15) is 9.59 Å². The van der Waals surface area contributed by atoms with Crippen molar-refractivity contribution in [2.24, 2.45) is 0 Å². The number of halogens is 1. The van der Waals surface area contributed by atoms with Crippen LogP contribution in [0.4, 0.5) is 5.82 Å². The van der Waals surface area contributed by atoms with E-state index in [1.54, 1.807) is 6.92 Å². The highest BCUT2D eigenvalue weighted by Gasteiger charge is 2.24. The van der Waals surface area contributed by atoms with Crippen LogP contribution in [-0.4, -0.2) is 56.4 Å². The van der Waals surface area contributed by atoms with Gasteiger partial charge < -0.3 is 15.3 Å². The Morgan fingerprint density at radius 2 is 2.04 bits per heavy atom. The van der Waals surface area contributed by atoms with Crippen molar-refractivity contribution in [3.8, 4) is 11.8 Å². The zero-order valence-corrected chi connectivity index (χ0v) is 14.4. The van der Waals surface area contributed by atoms with Gasteiger partial charge in [-0.25, -0.2) is 4.79 Å². The number of nitrogens with one attached hydrogen (secondary N) is 1. The van der Waals surface area contributed by atoms with Gasteiger partial charge in [0.2, 0.25) is 5.28 Å². The van der Waals surface area contributed by atoms with Crippen LogP contribution in [0.5, 0.6) is 0 Å². The molecule has 1 saturated heterocycles. The average Bonchev–Trinajstić information content (AvgIpc) is 2.84. The van der Waals surface area contributed by atoms with Crippen molar-refractivity contribution in [2.75, 3.05) is 31.1 Å². The maximum Gasteiger partial charge on any atom is 0.331 e. The SMILES string of the molecule is CC#CCn1c(=O)n(CC(=O)O)c2nc(Cl)nc(N3CCNCC3)c21. The number of carbonyl (C=O) groups is 1. The lowest BCUT2D eigenvalue weighted by molar-refractivity contribution is -0.137. The summed E-state index contributed by atoms with van der Waals surface area (Å²) in [4.78, 5) is 34.3. The largest absolute Gasteiger partial charge is 0.480 e. The Bertz CT molecular complexity index is 933. The Balaban J connectivity index is 2.29. The molecule has 132 valence electrons. The lowest BCUT2D eigenvalue weighted by atomic mass is 10.3. The van der Waals surface area contributed by atoms with Crippen LogP contribution in [0.2, 0.25) is 5.28 Å². The van der Waals surface area contributed by atoms with Crippen molar-refractivity contribution in [3.05, 3.63) is 15.8 Å². The zero-order valence-electron chi connectivity index (χ0n) is 13.6. The van der Waals surface area contributed by atoms with E-state index in [0.29, 0.717) is 24.4 Å². The minimum absolute atomic E-state index is 0.0288. The number of carboxylic acid groups (broad SMARTS) is 1. The smallest absolute Gasteiger partial charge is 0.331 e. The van der Waals surface area contributed by atoms with E-state index >= 15 is 0 Å². The number of carboxylic acids is 1. The van der Waals surface area contributed by atoms with Gasteiger partial charge in [0, 0.05) is 26.2 Å². The monoisotopic (exact) mass is 364 g/mol. The second kappa shape index (κ2) is 7.13. The van der Waals surface area contributed by atoms with Crippen LogP contribution >= 0.6 is 11.6 Å². The number of fused-ring (bicyclic) bond motifs is 1. The summed E-state index contributed by atoms with van der Waals surface area (Å²) in [5, 5.41) is 12.3. The average molecular weight is 365 g/mol. The molecular weight excluding hydrogens is 348 g/mol. The quantitative estimate of drug-likeness (QED) is 0.570. The molecule has 2 N–H and O–H groups in total. The van der Waals surface area contributed by atoms with Gasteiger partial charge in [-0.3, -0.25) is 13.9 Å². The summed E-state index contributed by atoms with van der Waals surface area (Å²) in [7, 11) is 0. The Morgan fingerprint density at radius 3 is 2.68 bits per heavy atom. The van der Waals surface area contributed by atoms with Gasteiger partial charge in [0.15, 0.2) is 11.5 Å². The molecule has 1 aliphatic heterocycles. The van der Waals surface area contributed by atoms with Crippen LogP contribution in [0.25, 0.3) is 11.2 Å². The van der Waals surface area contributed by atoms with Crippen LogP contribution in [0.15, 0.2) is 4.79 Å². The molecule has 0 aliphatic carbocycles. The molecule has 0 amide bonds. The van der Waals surface area contributed by atoms with Crippen LogP contribution < -0.4 is 15.9 Å². The molecule has 1 aliphatic rings.